The molecule has 1 aromatic heterocycles. The number of carbonyl (C=O) groups is 1. The summed E-state index contributed by atoms with van der Waals surface area (Å²) in [4.78, 5) is 15.3. The van der Waals surface area contributed by atoms with E-state index in [4.69, 9.17) is 5.11 Å². The summed E-state index contributed by atoms with van der Waals surface area (Å²) < 4.78 is 4.57. The minimum absolute atomic E-state index is 0.190. The molecule has 0 aromatic carbocycles. The van der Waals surface area contributed by atoms with Gasteiger partial charge in [0.2, 0.25) is 0 Å². The van der Waals surface area contributed by atoms with E-state index in [2.05, 4.69) is 25.7 Å². The van der Waals surface area contributed by atoms with Gasteiger partial charge >= 0.3 is 5.97 Å². The number of aliphatic hydroxyl groups is 1. The Balaban J connectivity index is 3.10. The van der Waals surface area contributed by atoms with Crippen LogP contribution in [0.25, 0.3) is 0 Å². The lowest BCUT2D eigenvalue weighted by Gasteiger charge is -2.04. The second kappa shape index (κ2) is 5.07. The van der Waals surface area contributed by atoms with E-state index < -0.39 is 5.97 Å². The van der Waals surface area contributed by atoms with E-state index >= 15 is 0 Å². The largest absolute Gasteiger partial charge is 0.465 e. The molecule has 1 aromatic rings. The van der Waals surface area contributed by atoms with Crippen molar-refractivity contribution in [3.8, 4) is 0 Å². The molecule has 4 nitrogen and oxygen atoms in total. The molecule has 0 saturated heterocycles. The first-order valence-corrected chi connectivity index (χ1v) is 5.08. The molecule has 0 bridgehead atoms. The van der Waals surface area contributed by atoms with Crippen molar-refractivity contribution in [3.05, 3.63) is 29.1 Å². The summed E-state index contributed by atoms with van der Waals surface area (Å²) in [6, 6.07) is 3.14. The van der Waals surface area contributed by atoms with Crippen LogP contribution in [-0.4, -0.2) is 23.2 Å². The first kappa shape index (κ1) is 11.1. The van der Waals surface area contributed by atoms with Crippen LogP contribution in [0.5, 0.6) is 0 Å². The number of nitrogens with zero attached hydrogens (tertiary/aromatic N) is 1. The number of aromatic nitrogens is 1. The van der Waals surface area contributed by atoms with E-state index in [1.165, 1.54) is 13.2 Å². The van der Waals surface area contributed by atoms with Crippen LogP contribution in [-0.2, 0) is 16.7 Å². The molecule has 0 fully saturated rings. The van der Waals surface area contributed by atoms with Gasteiger partial charge in [-0.2, -0.15) is 0 Å². The fourth-order valence-corrected chi connectivity index (χ4v) is 1.32. The summed E-state index contributed by atoms with van der Waals surface area (Å²) >= 11 is 3.23. The van der Waals surface area contributed by atoms with Gasteiger partial charge in [-0.05, 0) is 12.1 Å². The highest BCUT2D eigenvalue weighted by Crippen LogP contribution is 2.10. The Morgan fingerprint density at radius 1 is 1.57 bits per heavy atom. The Labute approximate surface area is 90.0 Å². The van der Waals surface area contributed by atoms with E-state index in [9.17, 15) is 4.79 Å². The molecular formula is C9H10BrNO3. The maximum absolute atomic E-state index is 11.2. The number of halogens is 1. The van der Waals surface area contributed by atoms with E-state index in [0.29, 0.717) is 22.3 Å². The summed E-state index contributed by atoms with van der Waals surface area (Å²) in [6.07, 6.45) is 0. The minimum Gasteiger partial charge on any atom is -0.465 e. The maximum Gasteiger partial charge on any atom is 0.337 e. The van der Waals surface area contributed by atoms with Crippen LogP contribution in [0.3, 0.4) is 0 Å². The molecule has 0 amide bonds. The van der Waals surface area contributed by atoms with Gasteiger partial charge in [-0.1, -0.05) is 15.9 Å². The third-order valence-electron chi connectivity index (χ3n) is 1.65. The highest BCUT2D eigenvalue weighted by molar-refractivity contribution is 9.08. The number of rotatable bonds is 3. The third-order valence-corrected chi connectivity index (χ3v) is 2.23. The number of methoxy groups -OCH3 is 1. The molecule has 5 heteroatoms. The maximum atomic E-state index is 11.2. The molecule has 0 atom stereocenters. The van der Waals surface area contributed by atoms with Gasteiger partial charge in [0.15, 0.2) is 0 Å². The molecule has 1 N–H and O–H groups in total. The predicted molar refractivity (Wildman–Crippen MR) is 54.1 cm³/mol. The number of hydrogen-bond donors (Lipinski definition) is 1. The third kappa shape index (κ3) is 2.52. The first-order chi connectivity index (χ1) is 6.71. The highest BCUT2D eigenvalue weighted by atomic mass is 79.9. The van der Waals surface area contributed by atoms with Crippen LogP contribution >= 0.6 is 15.9 Å². The van der Waals surface area contributed by atoms with E-state index in [1.54, 1.807) is 6.07 Å². The minimum atomic E-state index is -0.427. The van der Waals surface area contributed by atoms with Crippen molar-refractivity contribution >= 4 is 21.9 Å². The Kier molecular flexibility index (Phi) is 4.03. The molecule has 1 rings (SSSR count). The van der Waals surface area contributed by atoms with Crippen molar-refractivity contribution in [1.82, 2.24) is 4.98 Å². The number of pyridine rings is 1. The lowest BCUT2D eigenvalue weighted by Crippen LogP contribution is -2.05. The molecule has 0 unspecified atom stereocenters. The summed E-state index contributed by atoms with van der Waals surface area (Å²) in [6.45, 7) is -0.190. The molecule has 76 valence electrons. The quantitative estimate of drug-likeness (QED) is 0.656. The number of alkyl halides is 1. The lowest BCUT2D eigenvalue weighted by atomic mass is 10.2. The van der Waals surface area contributed by atoms with Gasteiger partial charge in [-0.15, -0.1) is 0 Å². The summed E-state index contributed by atoms with van der Waals surface area (Å²) in [7, 11) is 1.31. The van der Waals surface area contributed by atoms with Crippen molar-refractivity contribution in [2.45, 2.75) is 11.9 Å². The zero-order valence-electron chi connectivity index (χ0n) is 7.66. The van der Waals surface area contributed by atoms with Gasteiger partial charge in [0.05, 0.1) is 30.7 Å². The van der Waals surface area contributed by atoms with Crippen LogP contribution in [0.4, 0.5) is 0 Å². The lowest BCUT2D eigenvalue weighted by molar-refractivity contribution is 0.0600. The molecule has 14 heavy (non-hydrogen) atoms. The van der Waals surface area contributed by atoms with Gasteiger partial charge in [-0.25, -0.2) is 4.79 Å². The SMILES string of the molecule is COC(=O)c1cc(CO)nc(CBr)c1. The Hall–Kier alpha value is -0.940. The molecule has 0 spiro atoms. The van der Waals surface area contributed by atoms with Gasteiger partial charge in [0.25, 0.3) is 0 Å². The number of ether oxygens (including phenoxy) is 1. The smallest absolute Gasteiger partial charge is 0.337 e. The van der Waals surface area contributed by atoms with E-state index in [-0.39, 0.29) is 6.61 Å². The zero-order chi connectivity index (χ0) is 10.6. The molecule has 0 radical (unpaired) electrons. The Morgan fingerprint density at radius 2 is 2.21 bits per heavy atom. The van der Waals surface area contributed by atoms with Crippen molar-refractivity contribution < 1.29 is 14.6 Å². The van der Waals surface area contributed by atoms with E-state index in [0.717, 1.165) is 0 Å². The number of esters is 1. The van der Waals surface area contributed by atoms with E-state index in [1.807, 2.05) is 0 Å². The predicted octanol–water partition coefficient (Wildman–Crippen LogP) is 1.26. The fourth-order valence-electron chi connectivity index (χ4n) is 1.03. The first-order valence-electron chi connectivity index (χ1n) is 3.96. The second-order valence-corrected chi connectivity index (χ2v) is 3.18. The average Bonchev–Trinajstić information content (AvgIpc) is 2.27. The van der Waals surface area contributed by atoms with Crippen LogP contribution in [0.1, 0.15) is 21.7 Å². The summed E-state index contributed by atoms with van der Waals surface area (Å²) in [5.41, 5.74) is 1.56. The molecular weight excluding hydrogens is 250 g/mol. The van der Waals surface area contributed by atoms with Gasteiger partial charge < -0.3 is 9.84 Å². The summed E-state index contributed by atoms with van der Waals surface area (Å²) in [5, 5.41) is 9.44. The second-order valence-electron chi connectivity index (χ2n) is 2.62. The van der Waals surface area contributed by atoms with Crippen LogP contribution in [0.15, 0.2) is 12.1 Å². The van der Waals surface area contributed by atoms with Gasteiger partial charge in [0, 0.05) is 5.33 Å². The van der Waals surface area contributed by atoms with Crippen molar-refractivity contribution in [3.63, 3.8) is 0 Å². The zero-order valence-corrected chi connectivity index (χ0v) is 9.24. The molecule has 0 aliphatic heterocycles. The Morgan fingerprint density at radius 3 is 2.71 bits per heavy atom. The number of hydrogen-bond acceptors (Lipinski definition) is 4. The van der Waals surface area contributed by atoms with Gasteiger partial charge in [0.1, 0.15) is 0 Å². The van der Waals surface area contributed by atoms with Crippen molar-refractivity contribution in [2.24, 2.45) is 0 Å². The molecule has 0 aliphatic rings. The average molecular weight is 260 g/mol. The standard InChI is InChI=1S/C9H10BrNO3/c1-14-9(13)6-2-7(4-10)11-8(3-6)5-12/h2-3,12H,4-5H2,1H3. The van der Waals surface area contributed by atoms with Crippen LogP contribution in [0.2, 0.25) is 0 Å². The monoisotopic (exact) mass is 259 g/mol. The van der Waals surface area contributed by atoms with Crippen molar-refractivity contribution in [1.29, 1.82) is 0 Å². The molecule has 0 saturated carbocycles. The topological polar surface area (TPSA) is 59.4 Å². The van der Waals surface area contributed by atoms with Crippen LogP contribution < -0.4 is 0 Å². The van der Waals surface area contributed by atoms with Crippen LogP contribution in [0, 0.1) is 0 Å². The normalized spacial score (nSPS) is 9.93. The van der Waals surface area contributed by atoms with Gasteiger partial charge in [-0.3, -0.25) is 4.98 Å². The molecule has 0 aliphatic carbocycles. The molecule has 1 heterocycles. The number of aliphatic hydroxyl groups excluding tert-OH is 1. The highest BCUT2D eigenvalue weighted by Gasteiger charge is 2.08. The Bertz CT molecular complexity index is 319. The van der Waals surface area contributed by atoms with Crippen molar-refractivity contribution in [2.75, 3.05) is 7.11 Å². The fraction of sp³-hybridized carbons (Fsp3) is 0.333. The number of carbonyl (C=O) groups excluding carboxylic acids is 1. The summed E-state index contributed by atoms with van der Waals surface area (Å²) in [5.74, 6) is -0.427.